The molecule has 5 rings (SSSR count). The van der Waals surface area contributed by atoms with E-state index in [2.05, 4.69) is 6.07 Å². The van der Waals surface area contributed by atoms with Gasteiger partial charge in [-0.1, -0.05) is 18.2 Å². The average molecular weight is 662 g/mol. The summed E-state index contributed by atoms with van der Waals surface area (Å²) >= 11 is 0. The summed E-state index contributed by atoms with van der Waals surface area (Å²) < 4.78 is 16.5. The molecular weight excluding hydrogens is 614 g/mol. The predicted octanol–water partition coefficient (Wildman–Crippen LogP) is 4.38. The molecule has 4 atom stereocenters. The highest BCUT2D eigenvalue weighted by atomic mass is 16.6. The second-order valence-corrected chi connectivity index (χ2v) is 13.1. The topological polar surface area (TPSA) is 146 Å². The number of esters is 2. The lowest BCUT2D eigenvalue weighted by Gasteiger charge is -2.41. The number of carbonyl (C=O) groups excluding carboxylic acids is 5. The van der Waals surface area contributed by atoms with Crippen molar-refractivity contribution in [2.75, 3.05) is 24.6 Å². The highest BCUT2D eigenvalue weighted by Gasteiger charge is 2.39. The Labute approximate surface area is 282 Å². The first-order chi connectivity index (χ1) is 23.1. The number of aryl methyl sites for hydroxylation is 1. The van der Waals surface area contributed by atoms with Gasteiger partial charge in [-0.2, -0.15) is 0 Å². The predicted molar refractivity (Wildman–Crippen MR) is 178 cm³/mol. The summed E-state index contributed by atoms with van der Waals surface area (Å²) in [5.74, 6) is -0.544. The van der Waals surface area contributed by atoms with Crippen LogP contribution in [-0.2, 0) is 35.1 Å². The molecule has 2 aromatic carbocycles. The van der Waals surface area contributed by atoms with Crippen LogP contribution in [0.5, 0.6) is 5.75 Å². The van der Waals surface area contributed by atoms with Gasteiger partial charge < -0.3 is 29.7 Å². The zero-order chi connectivity index (χ0) is 34.2. The molecule has 2 aliphatic heterocycles. The van der Waals surface area contributed by atoms with Gasteiger partial charge in [0.15, 0.2) is 5.78 Å². The van der Waals surface area contributed by atoms with Gasteiger partial charge in [0.2, 0.25) is 5.91 Å². The number of carbonyl (C=O) groups is 5. The fourth-order valence-corrected chi connectivity index (χ4v) is 7.20. The highest BCUT2D eigenvalue weighted by molar-refractivity contribution is 5.97. The van der Waals surface area contributed by atoms with Crippen LogP contribution in [0.3, 0.4) is 0 Å². The summed E-state index contributed by atoms with van der Waals surface area (Å²) in [6, 6.07) is 14.7. The Hall–Kier alpha value is -4.25. The number of likely N-dealkylation sites (tertiary alicyclic amines) is 1. The number of rotatable bonds is 12. The van der Waals surface area contributed by atoms with Crippen molar-refractivity contribution in [3.8, 4) is 5.75 Å². The molecule has 2 aromatic rings. The lowest BCUT2D eigenvalue weighted by molar-refractivity contribution is -0.171. The number of amides is 2. The molecule has 1 saturated carbocycles. The van der Waals surface area contributed by atoms with Crippen LogP contribution in [0.2, 0.25) is 0 Å². The minimum absolute atomic E-state index is 0.0249. The minimum atomic E-state index is -0.654. The van der Waals surface area contributed by atoms with E-state index < -0.39 is 30.2 Å². The van der Waals surface area contributed by atoms with Gasteiger partial charge in [-0.3, -0.25) is 24.0 Å². The van der Waals surface area contributed by atoms with Crippen molar-refractivity contribution >= 4 is 35.2 Å². The summed E-state index contributed by atoms with van der Waals surface area (Å²) in [5.41, 5.74) is 9.06. The fraction of sp³-hybridized carbons (Fsp3) is 0.541. The molecule has 2 heterocycles. The summed E-state index contributed by atoms with van der Waals surface area (Å²) in [5, 5.41) is 0. The zero-order valence-corrected chi connectivity index (χ0v) is 27.9. The first kappa shape index (κ1) is 35.1. The molecule has 3 aliphatic rings. The van der Waals surface area contributed by atoms with Crippen molar-refractivity contribution < 1.29 is 38.2 Å². The van der Waals surface area contributed by atoms with Crippen LogP contribution in [0.1, 0.15) is 87.6 Å². The molecule has 0 aromatic heterocycles. The molecule has 0 bridgehead atoms. The van der Waals surface area contributed by atoms with Crippen LogP contribution in [0.25, 0.3) is 0 Å². The molecule has 2 amide bonds. The third-order valence-corrected chi connectivity index (χ3v) is 9.66. The second kappa shape index (κ2) is 16.2. The molecule has 4 unspecified atom stereocenters. The Balaban J connectivity index is 1.01. The van der Waals surface area contributed by atoms with Gasteiger partial charge in [0.05, 0.1) is 12.6 Å². The third kappa shape index (κ3) is 8.80. The molecule has 2 fully saturated rings. The van der Waals surface area contributed by atoms with Gasteiger partial charge in [0.25, 0.3) is 5.91 Å². The van der Waals surface area contributed by atoms with E-state index >= 15 is 0 Å². The van der Waals surface area contributed by atoms with Gasteiger partial charge in [-0.15, -0.1) is 0 Å². The molecule has 2 N–H and O–H groups in total. The van der Waals surface area contributed by atoms with Crippen molar-refractivity contribution in [2.45, 2.75) is 102 Å². The number of hydrogen-bond donors (Lipinski definition) is 1. The van der Waals surface area contributed by atoms with Gasteiger partial charge in [-0.05, 0) is 93.7 Å². The SMILES string of the molecule is CC(=O)OC1CCC(C(=O)C(N)CCCCOc2ccc(C(=O)N3CCC(N4C(=O)CCc5ccccc54)CC3)cc2)CC1OC(C)=O. The van der Waals surface area contributed by atoms with E-state index in [0.29, 0.717) is 76.0 Å². The molecule has 48 heavy (non-hydrogen) atoms. The maximum absolute atomic E-state index is 13.2. The average Bonchev–Trinajstić information content (AvgIpc) is 3.08. The van der Waals surface area contributed by atoms with Gasteiger partial charge in [0.1, 0.15) is 18.0 Å². The number of hydrogen-bond acceptors (Lipinski definition) is 9. The maximum atomic E-state index is 13.2. The summed E-state index contributed by atoms with van der Waals surface area (Å²) in [6.07, 6.45) is 4.75. The van der Waals surface area contributed by atoms with Crippen molar-refractivity contribution in [1.82, 2.24) is 4.90 Å². The third-order valence-electron chi connectivity index (χ3n) is 9.66. The highest BCUT2D eigenvalue weighted by Crippen LogP contribution is 2.33. The van der Waals surface area contributed by atoms with E-state index in [1.54, 1.807) is 24.3 Å². The van der Waals surface area contributed by atoms with Crippen molar-refractivity contribution in [3.05, 3.63) is 59.7 Å². The van der Waals surface area contributed by atoms with Crippen molar-refractivity contribution in [3.63, 3.8) is 0 Å². The quantitative estimate of drug-likeness (QED) is 0.259. The molecule has 0 radical (unpaired) electrons. The number of anilines is 1. The number of Topliss-reactive ketones (excluding diaryl/α,β-unsaturated/α-hetero) is 1. The first-order valence-electron chi connectivity index (χ1n) is 17.2. The standard InChI is InChI=1S/C37H47N3O8/c1-24(41)47-33-16-12-28(23-34(33)48-25(2)42)36(44)31(38)8-5-6-22-46-30-14-10-27(11-15-30)37(45)39-20-18-29(19-21-39)40-32-9-4-3-7-26(32)13-17-35(40)43/h3-4,7,9-11,14-15,28-29,31,33-34H,5-6,8,12-13,16-23,38H2,1-2H3. The van der Waals surface area contributed by atoms with Crippen LogP contribution in [0, 0.1) is 5.92 Å². The van der Waals surface area contributed by atoms with Crippen LogP contribution in [-0.4, -0.2) is 78.4 Å². The molecular formula is C37H47N3O8. The summed E-state index contributed by atoms with van der Waals surface area (Å²) in [7, 11) is 0. The van der Waals surface area contributed by atoms with Gasteiger partial charge >= 0.3 is 11.9 Å². The van der Waals surface area contributed by atoms with Crippen LogP contribution < -0.4 is 15.4 Å². The van der Waals surface area contributed by atoms with Crippen LogP contribution in [0.4, 0.5) is 5.69 Å². The lowest BCUT2D eigenvalue weighted by atomic mass is 9.80. The Kier molecular flexibility index (Phi) is 11.9. The van der Waals surface area contributed by atoms with E-state index in [0.717, 1.165) is 24.9 Å². The monoisotopic (exact) mass is 661 g/mol. The van der Waals surface area contributed by atoms with Gasteiger partial charge in [0, 0.05) is 56.6 Å². The minimum Gasteiger partial charge on any atom is -0.494 e. The number of nitrogens with two attached hydrogens (primary N) is 1. The molecule has 11 heteroatoms. The molecule has 1 saturated heterocycles. The van der Waals surface area contributed by atoms with E-state index in [1.165, 1.54) is 19.4 Å². The Morgan fingerprint density at radius 3 is 2.25 bits per heavy atom. The number of nitrogens with zero attached hydrogens (tertiary/aromatic N) is 2. The number of ketones is 1. The molecule has 11 nitrogen and oxygen atoms in total. The number of ether oxygens (including phenoxy) is 3. The Morgan fingerprint density at radius 1 is 0.854 bits per heavy atom. The zero-order valence-electron chi connectivity index (χ0n) is 27.9. The van der Waals surface area contributed by atoms with Crippen LogP contribution >= 0.6 is 0 Å². The number of fused-ring (bicyclic) bond motifs is 1. The van der Waals surface area contributed by atoms with E-state index in [-0.39, 0.29) is 29.6 Å². The maximum Gasteiger partial charge on any atom is 0.303 e. The van der Waals surface area contributed by atoms with E-state index in [9.17, 15) is 24.0 Å². The van der Waals surface area contributed by atoms with Crippen molar-refractivity contribution in [1.29, 1.82) is 0 Å². The van der Waals surface area contributed by atoms with Crippen LogP contribution in [0.15, 0.2) is 48.5 Å². The number of unbranched alkanes of at least 4 members (excludes halogenated alkanes) is 1. The van der Waals surface area contributed by atoms with E-state index in [1.807, 2.05) is 28.0 Å². The smallest absolute Gasteiger partial charge is 0.303 e. The number of para-hydroxylation sites is 1. The largest absolute Gasteiger partial charge is 0.494 e. The number of piperidine rings is 1. The molecule has 258 valence electrons. The lowest BCUT2D eigenvalue weighted by Crippen LogP contribution is -2.50. The summed E-state index contributed by atoms with van der Waals surface area (Å²) in [4.78, 5) is 65.9. The summed E-state index contributed by atoms with van der Waals surface area (Å²) in [6.45, 7) is 4.25. The van der Waals surface area contributed by atoms with Crippen molar-refractivity contribution in [2.24, 2.45) is 11.7 Å². The molecule has 1 aliphatic carbocycles. The Bertz CT molecular complexity index is 1470. The fourth-order valence-electron chi connectivity index (χ4n) is 7.20. The van der Waals surface area contributed by atoms with E-state index in [4.69, 9.17) is 19.9 Å². The normalized spacial score (nSPS) is 22.0. The second-order valence-electron chi connectivity index (χ2n) is 13.1. The number of benzene rings is 2. The first-order valence-corrected chi connectivity index (χ1v) is 17.2. The Morgan fingerprint density at radius 2 is 1.54 bits per heavy atom. The molecule has 0 spiro atoms. The van der Waals surface area contributed by atoms with Gasteiger partial charge in [-0.25, -0.2) is 0 Å².